The highest BCUT2D eigenvalue weighted by molar-refractivity contribution is 5.55. The fraction of sp³-hybridized carbons (Fsp3) is 0.273. The van der Waals surface area contributed by atoms with Gasteiger partial charge < -0.3 is 20.1 Å². The van der Waals surface area contributed by atoms with Crippen molar-refractivity contribution >= 4 is 11.6 Å². The molecule has 4 rings (SSSR count). The molecule has 10 heteroatoms. The van der Waals surface area contributed by atoms with E-state index in [2.05, 4.69) is 20.6 Å². The Morgan fingerprint density at radius 2 is 1.62 bits per heavy atom. The third-order valence-electron chi connectivity index (χ3n) is 4.89. The van der Waals surface area contributed by atoms with Crippen molar-refractivity contribution in [1.29, 1.82) is 0 Å². The molecule has 0 aliphatic carbocycles. The van der Waals surface area contributed by atoms with Crippen molar-refractivity contribution in [2.75, 3.05) is 18.4 Å². The predicted molar refractivity (Wildman–Crippen MR) is 109 cm³/mol. The van der Waals surface area contributed by atoms with Crippen molar-refractivity contribution < 1.29 is 27.0 Å². The Balaban J connectivity index is 1.37. The molecule has 32 heavy (non-hydrogen) atoms. The van der Waals surface area contributed by atoms with E-state index in [4.69, 9.17) is 9.47 Å². The first-order valence-corrected chi connectivity index (χ1v) is 10.0. The average Bonchev–Trinajstić information content (AvgIpc) is 2.80. The number of nitrogens with one attached hydrogen (secondary N) is 2. The molecule has 1 aromatic heterocycles. The van der Waals surface area contributed by atoms with E-state index < -0.39 is 35.4 Å². The third-order valence-corrected chi connectivity index (χ3v) is 4.89. The quantitative estimate of drug-likeness (QED) is 0.410. The molecule has 0 radical (unpaired) electrons. The van der Waals surface area contributed by atoms with Gasteiger partial charge in [0.15, 0.2) is 29.0 Å². The highest BCUT2D eigenvalue weighted by Crippen LogP contribution is 2.24. The number of nitrogens with zero attached hydrogens (tertiary/aromatic N) is 2. The van der Waals surface area contributed by atoms with Crippen LogP contribution in [0.1, 0.15) is 18.4 Å². The number of piperidine rings is 1. The van der Waals surface area contributed by atoms with Gasteiger partial charge in [0.2, 0.25) is 5.95 Å². The number of anilines is 2. The lowest BCUT2D eigenvalue weighted by atomic mass is 10.1. The van der Waals surface area contributed by atoms with Gasteiger partial charge in [-0.05, 0) is 38.1 Å². The molecule has 0 amide bonds. The Kier molecular flexibility index (Phi) is 6.69. The van der Waals surface area contributed by atoms with E-state index in [1.54, 1.807) is 0 Å². The van der Waals surface area contributed by atoms with Gasteiger partial charge in [-0.25, -0.2) is 27.5 Å². The van der Waals surface area contributed by atoms with Crippen LogP contribution in [0.4, 0.5) is 29.2 Å². The van der Waals surface area contributed by atoms with Crippen LogP contribution in [0.3, 0.4) is 0 Å². The van der Waals surface area contributed by atoms with Gasteiger partial charge in [-0.1, -0.05) is 6.07 Å². The fourth-order valence-corrected chi connectivity index (χ4v) is 3.24. The Hall–Kier alpha value is -3.40. The fourth-order valence-electron chi connectivity index (χ4n) is 3.24. The predicted octanol–water partition coefficient (Wildman–Crippen LogP) is 4.49. The number of hydrogen-bond acceptors (Lipinski definition) is 6. The average molecular weight is 448 g/mol. The summed E-state index contributed by atoms with van der Waals surface area (Å²) in [5, 5.41) is 6.31. The summed E-state index contributed by atoms with van der Waals surface area (Å²) in [6, 6.07) is 7.52. The van der Waals surface area contributed by atoms with Crippen LogP contribution in [0.2, 0.25) is 0 Å². The largest absolute Gasteiger partial charge is 0.490 e. The molecule has 0 saturated carbocycles. The van der Waals surface area contributed by atoms with Crippen LogP contribution < -0.4 is 20.1 Å². The molecule has 0 unspecified atom stereocenters. The maximum atomic E-state index is 13.7. The van der Waals surface area contributed by atoms with Crippen LogP contribution in [-0.4, -0.2) is 29.2 Å². The lowest BCUT2D eigenvalue weighted by Gasteiger charge is -2.24. The Labute approximate surface area is 181 Å². The summed E-state index contributed by atoms with van der Waals surface area (Å²) in [6.07, 6.45) is 4.60. The monoisotopic (exact) mass is 448 g/mol. The molecule has 1 saturated heterocycles. The van der Waals surface area contributed by atoms with Gasteiger partial charge >= 0.3 is 0 Å². The van der Waals surface area contributed by atoms with E-state index in [1.165, 1.54) is 12.4 Å². The van der Waals surface area contributed by atoms with Crippen molar-refractivity contribution in [3.05, 3.63) is 71.6 Å². The third kappa shape index (κ3) is 5.25. The van der Waals surface area contributed by atoms with Crippen molar-refractivity contribution in [2.45, 2.75) is 25.6 Å². The van der Waals surface area contributed by atoms with Crippen molar-refractivity contribution in [2.24, 2.45) is 0 Å². The van der Waals surface area contributed by atoms with E-state index in [-0.39, 0.29) is 23.9 Å². The van der Waals surface area contributed by atoms with E-state index in [0.717, 1.165) is 31.7 Å². The molecular formula is C22H20F4N4O2. The maximum Gasteiger partial charge on any atom is 0.227 e. The van der Waals surface area contributed by atoms with Gasteiger partial charge in [-0.2, -0.15) is 0 Å². The van der Waals surface area contributed by atoms with Crippen LogP contribution in [0, 0.1) is 23.3 Å². The zero-order chi connectivity index (χ0) is 22.5. The molecule has 0 spiro atoms. The van der Waals surface area contributed by atoms with Crippen LogP contribution in [-0.2, 0) is 6.61 Å². The minimum Gasteiger partial charge on any atom is -0.490 e. The van der Waals surface area contributed by atoms with E-state index >= 15 is 0 Å². The number of aromatic nitrogens is 2. The second-order valence-corrected chi connectivity index (χ2v) is 7.20. The molecule has 0 bridgehead atoms. The topological polar surface area (TPSA) is 68.3 Å². The Bertz CT molecular complexity index is 1050. The second-order valence-electron chi connectivity index (χ2n) is 7.20. The Morgan fingerprint density at radius 3 is 2.31 bits per heavy atom. The van der Waals surface area contributed by atoms with Crippen molar-refractivity contribution in [1.82, 2.24) is 15.3 Å². The molecule has 6 nitrogen and oxygen atoms in total. The molecule has 168 valence electrons. The maximum absolute atomic E-state index is 13.7. The van der Waals surface area contributed by atoms with E-state index in [1.807, 2.05) is 24.3 Å². The lowest BCUT2D eigenvalue weighted by Crippen LogP contribution is -2.34. The molecule has 2 N–H and O–H groups in total. The summed E-state index contributed by atoms with van der Waals surface area (Å²) in [6.45, 7) is 1.13. The van der Waals surface area contributed by atoms with E-state index in [9.17, 15) is 17.6 Å². The first-order valence-electron chi connectivity index (χ1n) is 10.0. The number of halogens is 4. The molecule has 2 aromatic carbocycles. The summed E-state index contributed by atoms with van der Waals surface area (Å²) in [7, 11) is 0. The summed E-state index contributed by atoms with van der Waals surface area (Å²) in [5.74, 6) is -4.94. The smallest absolute Gasteiger partial charge is 0.227 e. The highest BCUT2D eigenvalue weighted by atomic mass is 19.2. The zero-order valence-corrected chi connectivity index (χ0v) is 16.9. The van der Waals surface area contributed by atoms with Gasteiger partial charge in [0.1, 0.15) is 18.5 Å². The molecule has 1 fully saturated rings. The van der Waals surface area contributed by atoms with Crippen LogP contribution in [0.25, 0.3) is 0 Å². The first kappa shape index (κ1) is 21.8. The minimum atomic E-state index is -1.50. The summed E-state index contributed by atoms with van der Waals surface area (Å²) in [4.78, 5) is 8.16. The lowest BCUT2D eigenvalue weighted by molar-refractivity contribution is 0.162. The normalized spacial score (nSPS) is 14.2. The van der Waals surface area contributed by atoms with Gasteiger partial charge in [-0.3, -0.25) is 0 Å². The van der Waals surface area contributed by atoms with Crippen LogP contribution in [0.5, 0.6) is 11.5 Å². The number of hydrogen-bond donors (Lipinski definition) is 2. The molecule has 2 heterocycles. The number of rotatable bonds is 7. The molecule has 3 aromatic rings. The van der Waals surface area contributed by atoms with Gasteiger partial charge in [0.05, 0.1) is 18.0 Å². The van der Waals surface area contributed by atoms with E-state index in [0.29, 0.717) is 5.69 Å². The number of benzene rings is 2. The molecule has 0 atom stereocenters. The van der Waals surface area contributed by atoms with Crippen LogP contribution in [0.15, 0.2) is 42.7 Å². The molecule has 1 aliphatic rings. The summed E-state index contributed by atoms with van der Waals surface area (Å²) >= 11 is 0. The molecule has 1 aliphatic heterocycles. The number of ether oxygens (including phenoxy) is 2. The second kappa shape index (κ2) is 9.82. The minimum absolute atomic E-state index is 0.0713. The zero-order valence-electron chi connectivity index (χ0n) is 16.9. The van der Waals surface area contributed by atoms with Crippen molar-refractivity contribution in [3.8, 4) is 11.5 Å². The van der Waals surface area contributed by atoms with Gasteiger partial charge in [-0.15, -0.1) is 0 Å². The molecular weight excluding hydrogens is 428 g/mol. The van der Waals surface area contributed by atoms with Gasteiger partial charge in [0.25, 0.3) is 0 Å². The standard InChI is InChI=1S/C22H20F4N4O2/c23-18-9-19(24)21(26)17(20(18)25)12-31-16-10-28-22(29-11-16)30-13-2-1-3-15(8-13)32-14-4-6-27-7-5-14/h1-3,8-11,14,27H,4-7,12H2,(H,28,29,30). The summed E-state index contributed by atoms with van der Waals surface area (Å²) < 4.78 is 65.2. The SMILES string of the molecule is Fc1cc(F)c(F)c(COc2cnc(Nc3cccc(OC4CCNCC4)c3)nc2)c1F. The first-order chi connectivity index (χ1) is 15.5. The summed E-state index contributed by atoms with van der Waals surface area (Å²) in [5.41, 5.74) is -0.139. The van der Waals surface area contributed by atoms with Gasteiger partial charge in [0, 0.05) is 17.8 Å². The Morgan fingerprint density at radius 1 is 0.938 bits per heavy atom. The van der Waals surface area contributed by atoms with Crippen LogP contribution >= 0.6 is 0 Å². The highest BCUT2D eigenvalue weighted by Gasteiger charge is 2.19. The van der Waals surface area contributed by atoms with Crippen molar-refractivity contribution in [3.63, 3.8) is 0 Å².